The standard InChI is InChI=1S/C10H24N3P/c11-12-10-6-2-1-4-8-13(14)9-5-3-7-10/h10,12H,1-9,11,14H2. The van der Waals surface area contributed by atoms with Crippen molar-refractivity contribution in [1.29, 1.82) is 0 Å². The first-order chi connectivity index (χ1) is 6.83. The second kappa shape index (κ2) is 7.58. The summed E-state index contributed by atoms with van der Waals surface area (Å²) in [5, 5.41) is 0. The van der Waals surface area contributed by atoms with Gasteiger partial charge in [0.15, 0.2) is 0 Å². The summed E-state index contributed by atoms with van der Waals surface area (Å²) in [6, 6.07) is 0.547. The second-order valence-corrected chi connectivity index (χ2v) is 4.97. The first-order valence-electron chi connectivity index (χ1n) is 5.78. The first kappa shape index (κ1) is 12.4. The van der Waals surface area contributed by atoms with Crippen LogP contribution in [0, 0.1) is 0 Å². The zero-order valence-corrected chi connectivity index (χ0v) is 10.2. The molecule has 1 heterocycles. The molecule has 4 heteroatoms. The summed E-state index contributed by atoms with van der Waals surface area (Å²) in [7, 11) is 2.83. The Kier molecular flexibility index (Phi) is 6.70. The van der Waals surface area contributed by atoms with Crippen LogP contribution < -0.4 is 11.3 Å². The average Bonchev–Trinajstić information content (AvgIpc) is 2.23. The smallest absolute Gasteiger partial charge is 0.0210 e. The highest BCUT2D eigenvalue weighted by Gasteiger charge is 2.08. The van der Waals surface area contributed by atoms with Gasteiger partial charge in [-0.1, -0.05) is 28.7 Å². The van der Waals surface area contributed by atoms with Gasteiger partial charge in [0.25, 0.3) is 0 Å². The molecule has 0 spiro atoms. The molecule has 14 heavy (non-hydrogen) atoms. The van der Waals surface area contributed by atoms with E-state index in [2.05, 4.69) is 19.5 Å². The largest absolute Gasteiger partial charge is 0.287 e. The van der Waals surface area contributed by atoms with Crippen LogP contribution in [0.3, 0.4) is 0 Å². The summed E-state index contributed by atoms with van der Waals surface area (Å²) in [4.78, 5) is 0. The third kappa shape index (κ3) is 5.26. The van der Waals surface area contributed by atoms with E-state index in [-0.39, 0.29) is 0 Å². The minimum absolute atomic E-state index is 0.547. The molecule has 84 valence electrons. The van der Waals surface area contributed by atoms with Crippen molar-refractivity contribution in [2.75, 3.05) is 13.1 Å². The van der Waals surface area contributed by atoms with Gasteiger partial charge in [0.05, 0.1) is 0 Å². The highest BCUT2D eigenvalue weighted by atomic mass is 31.0. The normalized spacial score (nSPS) is 28.3. The Morgan fingerprint density at radius 2 is 1.57 bits per heavy atom. The van der Waals surface area contributed by atoms with E-state index in [9.17, 15) is 0 Å². The summed E-state index contributed by atoms with van der Waals surface area (Å²) in [5.41, 5.74) is 2.93. The third-order valence-corrected chi connectivity index (χ3v) is 3.50. The molecule has 0 radical (unpaired) electrons. The number of nitrogens with two attached hydrogens (primary N) is 1. The van der Waals surface area contributed by atoms with Gasteiger partial charge in [0.2, 0.25) is 0 Å². The van der Waals surface area contributed by atoms with E-state index < -0.39 is 0 Å². The molecular weight excluding hydrogens is 193 g/mol. The predicted octanol–water partition coefficient (Wildman–Crippen LogP) is 1.65. The maximum absolute atomic E-state index is 5.52. The van der Waals surface area contributed by atoms with Crippen molar-refractivity contribution in [3.05, 3.63) is 0 Å². The Bertz CT molecular complexity index is 143. The van der Waals surface area contributed by atoms with Crippen molar-refractivity contribution in [3.63, 3.8) is 0 Å². The maximum Gasteiger partial charge on any atom is 0.0210 e. The SMILES string of the molecule is NNC1CCCCCN(P)CCCC1. The molecule has 0 amide bonds. The van der Waals surface area contributed by atoms with Gasteiger partial charge in [-0.25, -0.2) is 0 Å². The Morgan fingerprint density at radius 3 is 2.21 bits per heavy atom. The van der Waals surface area contributed by atoms with Gasteiger partial charge in [-0.3, -0.25) is 15.9 Å². The first-order valence-corrected chi connectivity index (χ1v) is 6.30. The zero-order chi connectivity index (χ0) is 10.2. The molecule has 0 aliphatic carbocycles. The van der Waals surface area contributed by atoms with Crippen LogP contribution >= 0.6 is 9.39 Å². The minimum Gasteiger partial charge on any atom is -0.287 e. The number of hydrogen-bond donors (Lipinski definition) is 2. The van der Waals surface area contributed by atoms with Crippen LogP contribution in [0.5, 0.6) is 0 Å². The molecular formula is C10H24N3P. The van der Waals surface area contributed by atoms with Gasteiger partial charge in [-0.2, -0.15) is 0 Å². The van der Waals surface area contributed by atoms with Crippen LogP contribution in [-0.2, 0) is 0 Å². The highest BCUT2D eigenvalue weighted by molar-refractivity contribution is 7.13. The molecule has 1 rings (SSSR count). The zero-order valence-electron chi connectivity index (χ0n) is 9.04. The van der Waals surface area contributed by atoms with Crippen LogP contribution in [0.2, 0.25) is 0 Å². The third-order valence-electron chi connectivity index (χ3n) is 2.98. The van der Waals surface area contributed by atoms with E-state index >= 15 is 0 Å². The van der Waals surface area contributed by atoms with Gasteiger partial charge in [0.1, 0.15) is 0 Å². The molecule has 0 saturated carbocycles. The Balaban J connectivity index is 2.26. The molecule has 1 saturated heterocycles. The second-order valence-electron chi connectivity index (χ2n) is 4.24. The molecule has 0 aromatic heterocycles. The van der Waals surface area contributed by atoms with Crippen molar-refractivity contribution >= 4 is 9.39 Å². The van der Waals surface area contributed by atoms with Gasteiger partial charge < -0.3 is 0 Å². The van der Waals surface area contributed by atoms with Crippen LogP contribution in [-0.4, -0.2) is 23.8 Å². The molecule has 0 aromatic carbocycles. The molecule has 3 nitrogen and oxygen atoms in total. The lowest BCUT2D eigenvalue weighted by Gasteiger charge is -2.15. The molecule has 0 bridgehead atoms. The average molecular weight is 217 g/mol. The molecule has 1 fully saturated rings. The van der Waals surface area contributed by atoms with E-state index in [1.807, 2.05) is 0 Å². The summed E-state index contributed by atoms with van der Waals surface area (Å²) >= 11 is 0. The van der Waals surface area contributed by atoms with E-state index in [1.54, 1.807) is 0 Å². The van der Waals surface area contributed by atoms with Crippen molar-refractivity contribution in [2.24, 2.45) is 5.84 Å². The van der Waals surface area contributed by atoms with Crippen molar-refractivity contribution in [2.45, 2.75) is 51.0 Å². The van der Waals surface area contributed by atoms with Gasteiger partial charge in [-0.05, 0) is 25.7 Å². The monoisotopic (exact) mass is 217 g/mol. The number of nitrogens with zero attached hydrogens (tertiary/aromatic N) is 1. The van der Waals surface area contributed by atoms with Crippen molar-refractivity contribution in [1.82, 2.24) is 10.1 Å². The summed E-state index contributed by atoms with van der Waals surface area (Å²) in [5.74, 6) is 5.52. The molecule has 0 aromatic rings. The molecule has 2 atom stereocenters. The molecule has 1 aliphatic rings. The number of hydrazine groups is 1. The van der Waals surface area contributed by atoms with E-state index in [0.717, 1.165) is 0 Å². The Morgan fingerprint density at radius 1 is 1.00 bits per heavy atom. The summed E-state index contributed by atoms with van der Waals surface area (Å²) in [6.45, 7) is 2.44. The van der Waals surface area contributed by atoms with Crippen molar-refractivity contribution in [3.8, 4) is 0 Å². The Labute approximate surface area is 90.0 Å². The van der Waals surface area contributed by atoms with Gasteiger partial charge >= 0.3 is 0 Å². The highest BCUT2D eigenvalue weighted by Crippen LogP contribution is 2.14. The van der Waals surface area contributed by atoms with E-state index in [0.29, 0.717) is 6.04 Å². The minimum atomic E-state index is 0.547. The summed E-state index contributed by atoms with van der Waals surface area (Å²) < 4.78 is 2.37. The number of rotatable bonds is 1. The van der Waals surface area contributed by atoms with Gasteiger partial charge in [0, 0.05) is 19.1 Å². The number of hydrogen-bond acceptors (Lipinski definition) is 3. The predicted molar refractivity (Wildman–Crippen MR) is 64.7 cm³/mol. The summed E-state index contributed by atoms with van der Waals surface area (Å²) in [6.07, 6.45) is 9.03. The quantitative estimate of drug-likeness (QED) is 0.399. The lowest BCUT2D eigenvalue weighted by Crippen LogP contribution is -2.34. The maximum atomic E-state index is 5.52. The van der Waals surface area contributed by atoms with Gasteiger partial charge in [-0.15, -0.1) is 0 Å². The van der Waals surface area contributed by atoms with E-state index in [4.69, 9.17) is 5.84 Å². The fourth-order valence-corrected chi connectivity index (χ4v) is 2.38. The molecule has 3 N–H and O–H groups in total. The van der Waals surface area contributed by atoms with Crippen LogP contribution in [0.1, 0.15) is 44.9 Å². The van der Waals surface area contributed by atoms with Crippen LogP contribution in [0.4, 0.5) is 0 Å². The molecule has 1 aliphatic heterocycles. The van der Waals surface area contributed by atoms with E-state index in [1.165, 1.54) is 58.0 Å². The Hall–Kier alpha value is 0.310. The fraction of sp³-hybridized carbons (Fsp3) is 1.00. The molecule has 2 unspecified atom stereocenters. The topological polar surface area (TPSA) is 41.3 Å². The lowest BCUT2D eigenvalue weighted by molar-refractivity contribution is 0.424. The fourth-order valence-electron chi connectivity index (χ4n) is 2.01. The van der Waals surface area contributed by atoms with Crippen LogP contribution in [0.15, 0.2) is 0 Å². The van der Waals surface area contributed by atoms with Crippen LogP contribution in [0.25, 0.3) is 0 Å². The van der Waals surface area contributed by atoms with Crippen molar-refractivity contribution < 1.29 is 0 Å². The lowest BCUT2D eigenvalue weighted by atomic mass is 10.0. The number of nitrogens with one attached hydrogen (secondary N) is 1.